The number of benzene rings is 1. The van der Waals surface area contributed by atoms with Crippen LogP contribution in [-0.4, -0.2) is 23.4 Å². The average molecular weight is 284 g/mol. The Morgan fingerprint density at radius 1 is 1.47 bits per heavy atom. The zero-order valence-corrected chi connectivity index (χ0v) is 10.9. The Balaban J connectivity index is 1.88. The number of rotatable bonds is 6. The van der Waals surface area contributed by atoms with Crippen LogP contribution in [0.5, 0.6) is 0 Å². The fraction of sp³-hybridized carbons (Fsp3) is 0.417. The summed E-state index contributed by atoms with van der Waals surface area (Å²) in [6, 6.07) is 4.62. The van der Waals surface area contributed by atoms with E-state index in [1.54, 1.807) is 0 Å². The van der Waals surface area contributed by atoms with E-state index >= 15 is 0 Å². The smallest absolute Gasteiger partial charge is 0.292 e. The summed E-state index contributed by atoms with van der Waals surface area (Å²) in [5.41, 5.74) is 0.281. The van der Waals surface area contributed by atoms with Crippen molar-refractivity contribution in [2.45, 2.75) is 25.3 Å². The molecule has 1 amide bonds. The zero-order chi connectivity index (χ0) is 13.8. The highest BCUT2D eigenvalue weighted by molar-refractivity contribution is 6.31. The second-order valence-corrected chi connectivity index (χ2v) is 4.87. The van der Waals surface area contributed by atoms with Crippen molar-refractivity contribution in [3.63, 3.8) is 0 Å². The van der Waals surface area contributed by atoms with E-state index in [4.69, 9.17) is 11.6 Å². The molecule has 7 heteroatoms. The summed E-state index contributed by atoms with van der Waals surface area (Å²) in [6.07, 6.45) is 2.36. The van der Waals surface area contributed by atoms with E-state index in [0.717, 1.165) is 12.8 Å². The van der Waals surface area contributed by atoms with Crippen molar-refractivity contribution >= 4 is 28.9 Å². The molecule has 0 bridgehead atoms. The summed E-state index contributed by atoms with van der Waals surface area (Å²) in [5.74, 6) is -0.0420. The Kier molecular flexibility index (Phi) is 4.21. The van der Waals surface area contributed by atoms with Crippen LogP contribution >= 0.6 is 11.6 Å². The largest absolute Gasteiger partial charge is 0.379 e. The molecule has 19 heavy (non-hydrogen) atoms. The number of hydrogen-bond acceptors (Lipinski definition) is 4. The van der Waals surface area contributed by atoms with Crippen LogP contribution in [-0.2, 0) is 4.79 Å². The predicted molar refractivity (Wildman–Crippen MR) is 72.4 cm³/mol. The standard InChI is InChI=1S/C12H14ClN3O3/c13-8-1-4-11(16(18)19)10(7-8)14-6-5-12(17)15-9-2-3-9/h1,4,7,9,14H,2-3,5-6H2,(H,15,17). The number of nitro groups is 1. The number of carbonyl (C=O) groups excluding carboxylic acids is 1. The van der Waals surface area contributed by atoms with Crippen LogP contribution in [0.25, 0.3) is 0 Å². The Morgan fingerprint density at radius 3 is 2.84 bits per heavy atom. The molecule has 2 rings (SSSR count). The first-order chi connectivity index (χ1) is 9.06. The van der Waals surface area contributed by atoms with Crippen molar-refractivity contribution in [2.75, 3.05) is 11.9 Å². The summed E-state index contributed by atoms with van der Waals surface area (Å²) in [5, 5.41) is 17.0. The van der Waals surface area contributed by atoms with E-state index < -0.39 is 4.92 Å². The fourth-order valence-corrected chi connectivity index (χ4v) is 1.82. The quantitative estimate of drug-likeness (QED) is 0.620. The molecule has 0 aromatic heterocycles. The Bertz CT molecular complexity index is 503. The molecule has 0 spiro atoms. The minimum Gasteiger partial charge on any atom is -0.379 e. The molecule has 0 unspecified atom stereocenters. The zero-order valence-electron chi connectivity index (χ0n) is 10.2. The number of nitro benzene ring substituents is 1. The van der Waals surface area contributed by atoms with Gasteiger partial charge in [0.05, 0.1) is 4.92 Å². The van der Waals surface area contributed by atoms with E-state index in [2.05, 4.69) is 10.6 Å². The average Bonchev–Trinajstić information content (AvgIpc) is 3.12. The maximum atomic E-state index is 11.5. The molecular weight excluding hydrogens is 270 g/mol. The van der Waals surface area contributed by atoms with Gasteiger partial charge in [0.1, 0.15) is 5.69 Å². The molecule has 102 valence electrons. The summed E-state index contributed by atoms with van der Waals surface area (Å²) >= 11 is 5.80. The second kappa shape index (κ2) is 5.88. The molecule has 1 fully saturated rings. The second-order valence-electron chi connectivity index (χ2n) is 4.44. The topological polar surface area (TPSA) is 84.3 Å². The molecule has 1 aliphatic carbocycles. The van der Waals surface area contributed by atoms with E-state index in [-0.39, 0.29) is 18.0 Å². The van der Waals surface area contributed by atoms with E-state index in [0.29, 0.717) is 23.3 Å². The van der Waals surface area contributed by atoms with Crippen molar-refractivity contribution in [3.05, 3.63) is 33.3 Å². The molecule has 0 aliphatic heterocycles. The van der Waals surface area contributed by atoms with Crippen LogP contribution in [0.1, 0.15) is 19.3 Å². The first-order valence-corrected chi connectivity index (χ1v) is 6.41. The lowest BCUT2D eigenvalue weighted by Crippen LogP contribution is -2.27. The molecule has 6 nitrogen and oxygen atoms in total. The van der Waals surface area contributed by atoms with E-state index in [1.165, 1.54) is 18.2 Å². The fourth-order valence-electron chi connectivity index (χ4n) is 1.65. The van der Waals surface area contributed by atoms with Crippen molar-refractivity contribution in [1.29, 1.82) is 0 Å². The molecule has 1 aromatic carbocycles. The van der Waals surface area contributed by atoms with Crippen LogP contribution in [0.4, 0.5) is 11.4 Å². The summed E-state index contributed by atoms with van der Waals surface area (Å²) in [7, 11) is 0. The molecule has 1 aliphatic rings. The molecule has 0 saturated heterocycles. The highest BCUT2D eigenvalue weighted by Gasteiger charge is 2.23. The number of hydrogen-bond donors (Lipinski definition) is 2. The monoisotopic (exact) mass is 283 g/mol. The number of nitrogens with one attached hydrogen (secondary N) is 2. The number of nitrogens with zero attached hydrogens (tertiary/aromatic N) is 1. The minimum absolute atomic E-state index is 0.0420. The molecular formula is C12H14ClN3O3. The lowest BCUT2D eigenvalue weighted by Gasteiger charge is -2.07. The number of anilines is 1. The minimum atomic E-state index is -0.483. The molecule has 0 radical (unpaired) electrons. The van der Waals surface area contributed by atoms with Gasteiger partial charge in [0, 0.05) is 30.1 Å². The predicted octanol–water partition coefficient (Wildman–Crippen LogP) is 2.33. The van der Waals surface area contributed by atoms with Crippen LogP contribution < -0.4 is 10.6 Å². The number of amides is 1. The van der Waals surface area contributed by atoms with Gasteiger partial charge in [0.2, 0.25) is 5.91 Å². The van der Waals surface area contributed by atoms with Gasteiger partial charge in [-0.05, 0) is 25.0 Å². The van der Waals surface area contributed by atoms with Crippen LogP contribution in [0.15, 0.2) is 18.2 Å². The van der Waals surface area contributed by atoms with Gasteiger partial charge in [-0.2, -0.15) is 0 Å². The Labute approximate surface area is 115 Å². The van der Waals surface area contributed by atoms with Gasteiger partial charge in [-0.3, -0.25) is 14.9 Å². The van der Waals surface area contributed by atoms with Gasteiger partial charge in [-0.15, -0.1) is 0 Å². The highest BCUT2D eigenvalue weighted by Crippen LogP contribution is 2.27. The molecule has 1 saturated carbocycles. The maximum Gasteiger partial charge on any atom is 0.292 e. The normalized spacial score (nSPS) is 13.9. The third kappa shape index (κ3) is 4.10. The van der Waals surface area contributed by atoms with Gasteiger partial charge in [-0.1, -0.05) is 11.6 Å². The van der Waals surface area contributed by atoms with Crippen molar-refractivity contribution in [3.8, 4) is 0 Å². The number of carbonyl (C=O) groups is 1. The molecule has 0 atom stereocenters. The lowest BCUT2D eigenvalue weighted by molar-refractivity contribution is -0.384. The third-order valence-electron chi connectivity index (χ3n) is 2.77. The van der Waals surface area contributed by atoms with E-state index in [9.17, 15) is 14.9 Å². The van der Waals surface area contributed by atoms with Crippen LogP contribution in [0, 0.1) is 10.1 Å². The molecule has 2 N–H and O–H groups in total. The SMILES string of the molecule is O=C(CCNc1cc(Cl)ccc1[N+](=O)[O-])NC1CC1. The van der Waals surface area contributed by atoms with Crippen molar-refractivity contribution < 1.29 is 9.72 Å². The lowest BCUT2D eigenvalue weighted by atomic mass is 10.2. The molecule has 0 heterocycles. The summed E-state index contributed by atoms with van der Waals surface area (Å²) in [4.78, 5) is 21.8. The van der Waals surface area contributed by atoms with Crippen LogP contribution in [0.2, 0.25) is 5.02 Å². The number of halogens is 1. The van der Waals surface area contributed by atoms with Gasteiger partial charge in [0.15, 0.2) is 0 Å². The first kappa shape index (κ1) is 13.6. The summed E-state index contributed by atoms with van der Waals surface area (Å²) < 4.78 is 0. The summed E-state index contributed by atoms with van der Waals surface area (Å²) in [6.45, 7) is 0.333. The Morgan fingerprint density at radius 2 is 2.21 bits per heavy atom. The molecule has 1 aromatic rings. The third-order valence-corrected chi connectivity index (χ3v) is 3.00. The van der Waals surface area contributed by atoms with Gasteiger partial charge < -0.3 is 10.6 Å². The van der Waals surface area contributed by atoms with E-state index in [1.807, 2.05) is 0 Å². The van der Waals surface area contributed by atoms with Crippen molar-refractivity contribution in [1.82, 2.24) is 5.32 Å². The van der Waals surface area contributed by atoms with Crippen LogP contribution in [0.3, 0.4) is 0 Å². The van der Waals surface area contributed by atoms with Crippen molar-refractivity contribution in [2.24, 2.45) is 0 Å². The first-order valence-electron chi connectivity index (χ1n) is 6.03. The highest BCUT2D eigenvalue weighted by atomic mass is 35.5. The maximum absolute atomic E-state index is 11.5. The van der Waals surface area contributed by atoms with Gasteiger partial charge in [-0.25, -0.2) is 0 Å². The Hall–Kier alpha value is -1.82. The van der Waals surface area contributed by atoms with Gasteiger partial charge in [0.25, 0.3) is 5.69 Å². The van der Waals surface area contributed by atoms with Gasteiger partial charge >= 0.3 is 0 Å².